The maximum Gasteiger partial charge on any atom is 0.0541 e. The standard InChI is InChI=1S/C13H25NO/c1-14(10-9-11-3-2-4-11)12-5-7-13(15)8-6-12/h11-13,15H,2-10H2,1H3. The van der Waals surface area contributed by atoms with Crippen molar-refractivity contribution in [3.8, 4) is 0 Å². The van der Waals surface area contributed by atoms with E-state index in [1.165, 1.54) is 45.1 Å². The Bertz CT molecular complexity index is 183. The van der Waals surface area contributed by atoms with Gasteiger partial charge in [-0.25, -0.2) is 0 Å². The number of hydrogen-bond acceptors (Lipinski definition) is 2. The monoisotopic (exact) mass is 211 g/mol. The molecule has 2 aliphatic rings. The summed E-state index contributed by atoms with van der Waals surface area (Å²) in [5.41, 5.74) is 0. The van der Waals surface area contributed by atoms with E-state index >= 15 is 0 Å². The molecule has 0 radical (unpaired) electrons. The molecule has 1 N–H and O–H groups in total. The largest absolute Gasteiger partial charge is 0.393 e. The molecule has 2 heteroatoms. The van der Waals surface area contributed by atoms with Gasteiger partial charge in [-0.15, -0.1) is 0 Å². The zero-order chi connectivity index (χ0) is 10.7. The number of hydrogen-bond donors (Lipinski definition) is 1. The van der Waals surface area contributed by atoms with Gasteiger partial charge in [-0.05, 0) is 51.6 Å². The van der Waals surface area contributed by atoms with Crippen LogP contribution in [0.5, 0.6) is 0 Å². The highest BCUT2D eigenvalue weighted by molar-refractivity contribution is 4.79. The molecule has 0 spiro atoms. The molecular weight excluding hydrogens is 186 g/mol. The molecule has 2 aliphatic carbocycles. The van der Waals surface area contributed by atoms with Gasteiger partial charge in [-0.3, -0.25) is 0 Å². The first-order chi connectivity index (χ1) is 7.25. The Balaban J connectivity index is 1.63. The van der Waals surface area contributed by atoms with Crippen molar-refractivity contribution in [3.05, 3.63) is 0 Å². The average molecular weight is 211 g/mol. The summed E-state index contributed by atoms with van der Waals surface area (Å²) in [7, 11) is 2.26. The fourth-order valence-electron chi connectivity index (χ4n) is 2.85. The van der Waals surface area contributed by atoms with Gasteiger partial charge in [0, 0.05) is 6.04 Å². The highest BCUT2D eigenvalue weighted by Crippen LogP contribution is 2.30. The van der Waals surface area contributed by atoms with Crippen LogP contribution in [0.4, 0.5) is 0 Å². The molecule has 15 heavy (non-hydrogen) atoms. The van der Waals surface area contributed by atoms with Crippen LogP contribution in [0.25, 0.3) is 0 Å². The first kappa shape index (κ1) is 11.4. The second-order valence-electron chi connectivity index (χ2n) is 5.53. The number of aliphatic hydroxyl groups excluding tert-OH is 1. The molecule has 0 saturated heterocycles. The Morgan fingerprint density at radius 2 is 1.73 bits per heavy atom. The molecule has 2 rings (SSSR count). The predicted molar refractivity (Wildman–Crippen MR) is 62.9 cm³/mol. The second-order valence-corrected chi connectivity index (χ2v) is 5.53. The van der Waals surface area contributed by atoms with Crippen molar-refractivity contribution in [1.29, 1.82) is 0 Å². The smallest absolute Gasteiger partial charge is 0.0541 e. The topological polar surface area (TPSA) is 23.5 Å². The van der Waals surface area contributed by atoms with Gasteiger partial charge in [0.05, 0.1) is 6.10 Å². The SMILES string of the molecule is CN(CCC1CCC1)C1CCC(O)CC1. The van der Waals surface area contributed by atoms with Crippen LogP contribution in [0.15, 0.2) is 0 Å². The molecule has 0 bridgehead atoms. The quantitative estimate of drug-likeness (QED) is 0.772. The van der Waals surface area contributed by atoms with Crippen LogP contribution in [-0.4, -0.2) is 35.7 Å². The molecule has 0 aromatic rings. The molecule has 0 unspecified atom stereocenters. The third-order valence-electron chi connectivity index (χ3n) is 4.40. The molecular formula is C13H25NO. The average Bonchev–Trinajstić information content (AvgIpc) is 2.16. The third kappa shape index (κ3) is 3.18. The van der Waals surface area contributed by atoms with E-state index in [1.54, 1.807) is 0 Å². The number of rotatable bonds is 4. The molecule has 2 nitrogen and oxygen atoms in total. The van der Waals surface area contributed by atoms with Gasteiger partial charge in [0.25, 0.3) is 0 Å². The van der Waals surface area contributed by atoms with Crippen molar-refractivity contribution in [3.63, 3.8) is 0 Å². The summed E-state index contributed by atoms with van der Waals surface area (Å²) < 4.78 is 0. The van der Waals surface area contributed by atoms with E-state index in [1.807, 2.05) is 0 Å². The first-order valence-electron chi connectivity index (χ1n) is 6.64. The van der Waals surface area contributed by atoms with E-state index in [0.29, 0.717) is 0 Å². The Labute approximate surface area is 93.7 Å². The van der Waals surface area contributed by atoms with Crippen LogP contribution < -0.4 is 0 Å². The second kappa shape index (κ2) is 5.31. The van der Waals surface area contributed by atoms with Gasteiger partial charge in [0.15, 0.2) is 0 Å². The third-order valence-corrected chi connectivity index (χ3v) is 4.40. The summed E-state index contributed by atoms with van der Waals surface area (Å²) in [6.45, 7) is 1.27. The predicted octanol–water partition coefficient (Wildman–Crippen LogP) is 2.41. The van der Waals surface area contributed by atoms with E-state index < -0.39 is 0 Å². The van der Waals surface area contributed by atoms with Crippen molar-refractivity contribution in [2.24, 2.45) is 5.92 Å². The Morgan fingerprint density at radius 1 is 1.07 bits per heavy atom. The molecule has 0 atom stereocenters. The van der Waals surface area contributed by atoms with Gasteiger partial charge in [-0.1, -0.05) is 19.3 Å². The van der Waals surface area contributed by atoms with E-state index in [0.717, 1.165) is 24.8 Å². The van der Waals surface area contributed by atoms with Crippen molar-refractivity contribution < 1.29 is 5.11 Å². The van der Waals surface area contributed by atoms with Crippen molar-refractivity contribution >= 4 is 0 Å². The van der Waals surface area contributed by atoms with E-state index in [9.17, 15) is 5.11 Å². The minimum absolute atomic E-state index is 0.0127. The van der Waals surface area contributed by atoms with Crippen molar-refractivity contribution in [1.82, 2.24) is 4.90 Å². The minimum Gasteiger partial charge on any atom is -0.393 e. The fraction of sp³-hybridized carbons (Fsp3) is 1.00. The van der Waals surface area contributed by atoms with Crippen molar-refractivity contribution in [2.75, 3.05) is 13.6 Å². The molecule has 2 saturated carbocycles. The normalized spacial score (nSPS) is 33.0. The van der Waals surface area contributed by atoms with Gasteiger partial charge in [0.2, 0.25) is 0 Å². The lowest BCUT2D eigenvalue weighted by molar-refractivity contribution is 0.0800. The molecule has 0 aromatic carbocycles. The molecule has 0 amide bonds. The molecule has 88 valence electrons. The lowest BCUT2D eigenvalue weighted by Gasteiger charge is -2.35. The zero-order valence-electron chi connectivity index (χ0n) is 9.99. The maximum absolute atomic E-state index is 9.46. The van der Waals surface area contributed by atoms with Crippen molar-refractivity contribution in [2.45, 2.75) is 63.5 Å². The Hall–Kier alpha value is -0.0800. The van der Waals surface area contributed by atoms with Gasteiger partial charge in [0.1, 0.15) is 0 Å². The van der Waals surface area contributed by atoms with Crippen LogP contribution in [-0.2, 0) is 0 Å². The first-order valence-corrected chi connectivity index (χ1v) is 6.64. The van der Waals surface area contributed by atoms with Crippen LogP contribution >= 0.6 is 0 Å². The van der Waals surface area contributed by atoms with Gasteiger partial charge < -0.3 is 10.0 Å². The van der Waals surface area contributed by atoms with E-state index in [-0.39, 0.29) is 6.10 Å². The van der Waals surface area contributed by atoms with E-state index in [4.69, 9.17) is 0 Å². The fourth-order valence-corrected chi connectivity index (χ4v) is 2.85. The summed E-state index contributed by atoms with van der Waals surface area (Å²) >= 11 is 0. The summed E-state index contributed by atoms with van der Waals surface area (Å²) in [6.07, 6.45) is 10.2. The number of nitrogens with zero attached hydrogens (tertiary/aromatic N) is 1. The Kier molecular flexibility index (Phi) is 4.04. The lowest BCUT2D eigenvalue weighted by Crippen LogP contribution is -2.37. The maximum atomic E-state index is 9.46. The summed E-state index contributed by atoms with van der Waals surface area (Å²) in [5.74, 6) is 1.03. The Morgan fingerprint density at radius 3 is 2.27 bits per heavy atom. The van der Waals surface area contributed by atoms with Gasteiger partial charge >= 0.3 is 0 Å². The van der Waals surface area contributed by atoms with Crippen LogP contribution in [0.3, 0.4) is 0 Å². The minimum atomic E-state index is -0.0127. The van der Waals surface area contributed by atoms with Crippen LogP contribution in [0.2, 0.25) is 0 Å². The summed E-state index contributed by atoms with van der Waals surface area (Å²) in [5, 5.41) is 9.46. The zero-order valence-corrected chi connectivity index (χ0v) is 9.99. The highest BCUT2D eigenvalue weighted by Gasteiger charge is 2.24. The molecule has 0 heterocycles. The lowest BCUT2D eigenvalue weighted by atomic mass is 9.82. The molecule has 2 fully saturated rings. The summed E-state index contributed by atoms with van der Waals surface area (Å²) in [6, 6.07) is 0.744. The van der Waals surface area contributed by atoms with E-state index in [2.05, 4.69) is 11.9 Å². The highest BCUT2D eigenvalue weighted by atomic mass is 16.3. The summed E-state index contributed by atoms with van der Waals surface area (Å²) in [4.78, 5) is 2.53. The molecule has 0 aromatic heterocycles. The van der Waals surface area contributed by atoms with Crippen LogP contribution in [0.1, 0.15) is 51.4 Å². The number of aliphatic hydroxyl groups is 1. The van der Waals surface area contributed by atoms with Crippen LogP contribution in [0, 0.1) is 5.92 Å². The molecule has 0 aliphatic heterocycles. The van der Waals surface area contributed by atoms with Gasteiger partial charge in [-0.2, -0.15) is 0 Å².